The fraction of sp³-hybridized carbons (Fsp3) is 0.889. The van der Waals surface area contributed by atoms with E-state index >= 15 is 0 Å². The van der Waals surface area contributed by atoms with Crippen LogP contribution in [0.2, 0.25) is 0 Å². The molecule has 0 spiro atoms. The van der Waals surface area contributed by atoms with Crippen molar-refractivity contribution in [2.24, 2.45) is 0 Å². The van der Waals surface area contributed by atoms with Gasteiger partial charge in [-0.05, 0) is 14.0 Å². The summed E-state index contributed by atoms with van der Waals surface area (Å²) in [4.78, 5) is 15.9. The summed E-state index contributed by atoms with van der Waals surface area (Å²) in [6.07, 6.45) is 0. The van der Waals surface area contributed by atoms with E-state index in [9.17, 15) is 4.79 Å². The van der Waals surface area contributed by atoms with Crippen LogP contribution >= 0.6 is 0 Å². The maximum absolute atomic E-state index is 11.6. The third-order valence-electron chi connectivity index (χ3n) is 2.91. The Bertz CT molecular complexity index is 219. The number of carbonyl (C=O) groups excluding carboxylic acids is 1. The van der Waals surface area contributed by atoms with Gasteiger partial charge in [0.05, 0.1) is 12.6 Å². The van der Waals surface area contributed by atoms with Gasteiger partial charge in [-0.1, -0.05) is 0 Å². The molecule has 13 heavy (non-hydrogen) atoms. The van der Waals surface area contributed by atoms with E-state index < -0.39 is 0 Å². The summed E-state index contributed by atoms with van der Waals surface area (Å²) >= 11 is 0. The Balaban J connectivity index is 2.12. The van der Waals surface area contributed by atoms with Gasteiger partial charge < -0.3 is 15.1 Å². The lowest BCUT2D eigenvalue weighted by atomic mass is 10.1. The number of rotatable bonds is 0. The molecule has 0 aliphatic carbocycles. The van der Waals surface area contributed by atoms with Crippen LogP contribution in [0.3, 0.4) is 0 Å². The second-order valence-electron chi connectivity index (χ2n) is 4.16. The average Bonchev–Trinajstić information content (AvgIpc) is 2.02. The molecule has 0 bridgehead atoms. The maximum Gasteiger partial charge on any atom is 0.237 e. The van der Waals surface area contributed by atoms with Crippen molar-refractivity contribution in [3.63, 3.8) is 0 Å². The third kappa shape index (κ3) is 1.56. The highest BCUT2D eigenvalue weighted by molar-refractivity contribution is 5.80. The Kier molecular flexibility index (Phi) is 2.26. The largest absolute Gasteiger partial charge is 0.332 e. The third-order valence-corrected chi connectivity index (χ3v) is 2.91. The Labute approximate surface area is 78.9 Å². The van der Waals surface area contributed by atoms with Crippen LogP contribution in [0, 0.1) is 0 Å². The summed E-state index contributed by atoms with van der Waals surface area (Å²) in [7, 11) is 2.12. The Morgan fingerprint density at radius 2 is 2.23 bits per heavy atom. The van der Waals surface area contributed by atoms with Gasteiger partial charge in [-0.3, -0.25) is 4.79 Å². The molecule has 0 radical (unpaired) electrons. The number of hydrogen-bond acceptors (Lipinski definition) is 3. The van der Waals surface area contributed by atoms with Crippen LogP contribution in [0.25, 0.3) is 0 Å². The van der Waals surface area contributed by atoms with Gasteiger partial charge in [0.25, 0.3) is 0 Å². The second-order valence-corrected chi connectivity index (χ2v) is 4.16. The number of nitrogens with one attached hydrogen (secondary N) is 1. The van der Waals surface area contributed by atoms with E-state index in [0.29, 0.717) is 18.6 Å². The zero-order valence-electron chi connectivity index (χ0n) is 8.29. The molecule has 0 aromatic carbocycles. The van der Waals surface area contributed by atoms with Crippen molar-refractivity contribution in [2.45, 2.75) is 19.0 Å². The zero-order valence-corrected chi connectivity index (χ0v) is 8.29. The van der Waals surface area contributed by atoms with E-state index in [-0.39, 0.29) is 5.91 Å². The van der Waals surface area contributed by atoms with Crippen LogP contribution in [0.4, 0.5) is 0 Å². The molecular weight excluding hydrogens is 166 g/mol. The molecule has 0 aromatic rings. The molecule has 2 aliphatic heterocycles. The van der Waals surface area contributed by atoms with E-state index in [0.717, 1.165) is 19.6 Å². The lowest BCUT2D eigenvalue weighted by Gasteiger charge is -2.47. The van der Waals surface area contributed by atoms with E-state index in [1.807, 2.05) is 0 Å². The van der Waals surface area contributed by atoms with Crippen molar-refractivity contribution in [2.75, 3.05) is 33.2 Å². The van der Waals surface area contributed by atoms with Crippen molar-refractivity contribution in [3.05, 3.63) is 0 Å². The predicted octanol–water partition coefficient (Wildman–Crippen LogP) is -0.879. The van der Waals surface area contributed by atoms with Crippen molar-refractivity contribution in [1.82, 2.24) is 15.1 Å². The molecule has 74 valence electrons. The smallest absolute Gasteiger partial charge is 0.237 e. The van der Waals surface area contributed by atoms with Crippen LogP contribution in [-0.4, -0.2) is 61.0 Å². The molecule has 2 atom stereocenters. The number of amides is 1. The van der Waals surface area contributed by atoms with Gasteiger partial charge in [-0.25, -0.2) is 0 Å². The van der Waals surface area contributed by atoms with Crippen LogP contribution in [-0.2, 0) is 4.79 Å². The van der Waals surface area contributed by atoms with Gasteiger partial charge in [-0.15, -0.1) is 0 Å². The minimum atomic E-state index is 0.261. The summed E-state index contributed by atoms with van der Waals surface area (Å²) in [5, 5.41) is 3.16. The molecule has 2 saturated heterocycles. The van der Waals surface area contributed by atoms with Crippen molar-refractivity contribution >= 4 is 5.91 Å². The molecule has 2 heterocycles. The zero-order chi connectivity index (χ0) is 9.42. The highest BCUT2D eigenvalue weighted by Crippen LogP contribution is 2.16. The summed E-state index contributed by atoms with van der Waals surface area (Å²) in [5.41, 5.74) is 0. The molecule has 4 nitrogen and oxygen atoms in total. The molecule has 1 amide bonds. The van der Waals surface area contributed by atoms with Crippen molar-refractivity contribution < 1.29 is 4.79 Å². The van der Waals surface area contributed by atoms with Gasteiger partial charge in [0.2, 0.25) is 5.91 Å². The predicted molar refractivity (Wildman–Crippen MR) is 50.5 cm³/mol. The standard InChI is InChI=1S/C9H17N3O/c1-7-5-11(2)6-8-3-10-4-9(13)12(7)8/h7-8,10H,3-6H2,1-2H3. The van der Waals surface area contributed by atoms with Crippen molar-refractivity contribution in [3.8, 4) is 0 Å². The monoisotopic (exact) mass is 183 g/mol. The molecule has 0 aromatic heterocycles. The van der Waals surface area contributed by atoms with Gasteiger partial charge in [0, 0.05) is 25.7 Å². The fourth-order valence-corrected chi connectivity index (χ4v) is 2.47. The van der Waals surface area contributed by atoms with Crippen LogP contribution in [0.5, 0.6) is 0 Å². The number of likely N-dealkylation sites (N-methyl/N-ethyl adjacent to an activating group) is 1. The van der Waals surface area contributed by atoms with E-state index in [2.05, 4.69) is 29.1 Å². The molecule has 2 fully saturated rings. The van der Waals surface area contributed by atoms with Gasteiger partial charge in [0.1, 0.15) is 0 Å². The minimum Gasteiger partial charge on any atom is -0.332 e. The highest BCUT2D eigenvalue weighted by atomic mass is 16.2. The summed E-state index contributed by atoms with van der Waals surface area (Å²) in [6.45, 7) is 5.60. The molecule has 1 N–H and O–H groups in total. The molecule has 2 unspecified atom stereocenters. The van der Waals surface area contributed by atoms with Gasteiger partial charge >= 0.3 is 0 Å². The lowest BCUT2D eigenvalue weighted by molar-refractivity contribution is -0.141. The first-order valence-electron chi connectivity index (χ1n) is 4.89. The quantitative estimate of drug-likeness (QED) is 0.530. The van der Waals surface area contributed by atoms with E-state index in [1.54, 1.807) is 0 Å². The summed E-state index contributed by atoms with van der Waals surface area (Å²) in [6, 6.07) is 0.758. The first kappa shape index (κ1) is 8.97. The topological polar surface area (TPSA) is 35.6 Å². The second kappa shape index (κ2) is 3.27. The minimum absolute atomic E-state index is 0.261. The Hall–Kier alpha value is -0.610. The van der Waals surface area contributed by atoms with Crippen LogP contribution in [0.15, 0.2) is 0 Å². The van der Waals surface area contributed by atoms with E-state index in [1.165, 1.54) is 0 Å². The normalized spacial score (nSPS) is 36.2. The summed E-state index contributed by atoms with van der Waals surface area (Å²) < 4.78 is 0. The lowest BCUT2D eigenvalue weighted by Crippen LogP contribution is -2.66. The number of hydrogen-bond donors (Lipinski definition) is 1. The number of fused-ring (bicyclic) bond motifs is 1. The maximum atomic E-state index is 11.6. The highest BCUT2D eigenvalue weighted by Gasteiger charge is 2.35. The molecule has 0 saturated carbocycles. The Morgan fingerprint density at radius 3 is 3.00 bits per heavy atom. The number of carbonyl (C=O) groups is 1. The van der Waals surface area contributed by atoms with Crippen LogP contribution in [0.1, 0.15) is 6.92 Å². The first-order chi connectivity index (χ1) is 6.18. The molecular formula is C9H17N3O. The number of nitrogens with zero attached hydrogens (tertiary/aromatic N) is 2. The van der Waals surface area contributed by atoms with Crippen molar-refractivity contribution in [1.29, 1.82) is 0 Å². The molecule has 2 aliphatic rings. The molecule has 2 rings (SSSR count). The van der Waals surface area contributed by atoms with Crippen LogP contribution < -0.4 is 5.32 Å². The SMILES string of the molecule is CC1CN(C)CC2CNCC(=O)N12. The van der Waals surface area contributed by atoms with Gasteiger partial charge in [-0.2, -0.15) is 0 Å². The summed E-state index contributed by atoms with van der Waals surface area (Å²) in [5.74, 6) is 0.261. The van der Waals surface area contributed by atoms with E-state index in [4.69, 9.17) is 0 Å². The molecule has 4 heteroatoms. The van der Waals surface area contributed by atoms with Gasteiger partial charge in [0.15, 0.2) is 0 Å². The average molecular weight is 183 g/mol. The number of piperazine rings is 2. The first-order valence-corrected chi connectivity index (χ1v) is 4.89. The fourth-order valence-electron chi connectivity index (χ4n) is 2.47. The Morgan fingerprint density at radius 1 is 1.46 bits per heavy atom.